The molecule has 0 saturated heterocycles. The smallest absolute Gasteiger partial charge is 0.331 e. The Morgan fingerprint density at radius 1 is 1.04 bits per heavy atom. The Labute approximate surface area is 148 Å². The number of unbranched alkanes of at least 4 members (excludes halogenated alkanes) is 1. The van der Waals surface area contributed by atoms with Gasteiger partial charge >= 0.3 is 5.97 Å². The van der Waals surface area contributed by atoms with Crippen molar-refractivity contribution in [3.8, 4) is 0 Å². The Balaban J connectivity index is 1.74. The molecule has 25 heavy (non-hydrogen) atoms. The highest BCUT2D eigenvalue weighted by Gasteiger charge is 2.05. The summed E-state index contributed by atoms with van der Waals surface area (Å²) >= 11 is 0. The van der Waals surface area contributed by atoms with Crippen molar-refractivity contribution < 1.29 is 14.3 Å². The number of anilines is 1. The second-order valence-electron chi connectivity index (χ2n) is 5.70. The minimum absolute atomic E-state index is 0.310. The molecular weight excluding hydrogens is 314 g/mol. The van der Waals surface area contributed by atoms with Crippen LogP contribution in [-0.2, 0) is 20.7 Å². The van der Waals surface area contributed by atoms with Crippen LogP contribution in [0, 0.1) is 0 Å². The molecule has 0 spiro atoms. The number of rotatable bonds is 8. The molecule has 2 rings (SSSR count). The summed E-state index contributed by atoms with van der Waals surface area (Å²) in [4.78, 5) is 23.5. The lowest BCUT2D eigenvalue weighted by Gasteiger charge is -2.06. The van der Waals surface area contributed by atoms with E-state index in [0.29, 0.717) is 5.69 Å². The van der Waals surface area contributed by atoms with Gasteiger partial charge in [-0.05, 0) is 42.2 Å². The summed E-state index contributed by atoms with van der Waals surface area (Å²) in [5, 5.41) is 2.71. The van der Waals surface area contributed by atoms with Crippen LogP contribution in [0.3, 0.4) is 0 Å². The molecule has 2 aromatic rings. The number of hydrogen-bond donors (Lipinski definition) is 1. The molecule has 4 heteroatoms. The fourth-order valence-electron chi connectivity index (χ4n) is 2.25. The third-order valence-corrected chi connectivity index (χ3v) is 3.61. The van der Waals surface area contributed by atoms with E-state index in [9.17, 15) is 9.59 Å². The first-order valence-corrected chi connectivity index (χ1v) is 8.46. The van der Waals surface area contributed by atoms with Gasteiger partial charge in [0.05, 0.1) is 0 Å². The number of hydrogen-bond acceptors (Lipinski definition) is 3. The number of benzene rings is 2. The summed E-state index contributed by atoms with van der Waals surface area (Å²) in [6.45, 7) is 1.85. The number of ether oxygens (including phenoxy) is 1. The van der Waals surface area contributed by atoms with Crippen LogP contribution in [0.4, 0.5) is 5.69 Å². The van der Waals surface area contributed by atoms with Crippen molar-refractivity contribution in [2.75, 3.05) is 11.9 Å². The summed E-state index contributed by atoms with van der Waals surface area (Å²) in [6, 6.07) is 17.1. The summed E-state index contributed by atoms with van der Waals surface area (Å²) in [7, 11) is 0. The van der Waals surface area contributed by atoms with E-state index in [1.54, 1.807) is 6.08 Å². The third-order valence-electron chi connectivity index (χ3n) is 3.61. The zero-order valence-electron chi connectivity index (χ0n) is 14.4. The van der Waals surface area contributed by atoms with Crippen LogP contribution in [-0.4, -0.2) is 18.5 Å². The fraction of sp³-hybridized carbons (Fsp3) is 0.238. The molecule has 0 radical (unpaired) electrons. The summed E-state index contributed by atoms with van der Waals surface area (Å²) in [5.74, 6) is -0.906. The zero-order chi connectivity index (χ0) is 17.9. The topological polar surface area (TPSA) is 55.4 Å². The second kappa shape index (κ2) is 10.1. The van der Waals surface area contributed by atoms with Gasteiger partial charge in [-0.1, -0.05) is 55.8 Å². The zero-order valence-corrected chi connectivity index (χ0v) is 14.4. The van der Waals surface area contributed by atoms with E-state index < -0.39 is 5.97 Å². The van der Waals surface area contributed by atoms with Crippen LogP contribution in [0.5, 0.6) is 0 Å². The van der Waals surface area contributed by atoms with E-state index in [1.807, 2.05) is 54.6 Å². The molecule has 0 fully saturated rings. The van der Waals surface area contributed by atoms with Gasteiger partial charge in [0, 0.05) is 11.8 Å². The summed E-state index contributed by atoms with van der Waals surface area (Å²) in [6.07, 6.45) is 6.30. The average molecular weight is 337 g/mol. The molecule has 0 atom stereocenters. The number of nitrogens with one attached hydrogen (secondary N) is 1. The SMILES string of the molecule is CCCCc1ccc(NC(=O)COC(=O)/C=C/c2ccccc2)cc1. The molecule has 0 heterocycles. The van der Waals surface area contributed by atoms with Crippen LogP contribution < -0.4 is 5.32 Å². The number of amides is 1. The molecule has 0 aromatic heterocycles. The lowest BCUT2D eigenvalue weighted by Crippen LogP contribution is -2.20. The highest BCUT2D eigenvalue weighted by atomic mass is 16.5. The first-order valence-electron chi connectivity index (χ1n) is 8.46. The molecule has 130 valence electrons. The molecule has 0 aliphatic heterocycles. The molecule has 4 nitrogen and oxygen atoms in total. The number of carbonyl (C=O) groups excluding carboxylic acids is 2. The van der Waals surface area contributed by atoms with Crippen molar-refractivity contribution >= 4 is 23.6 Å². The molecule has 0 bridgehead atoms. The quantitative estimate of drug-likeness (QED) is 0.579. The van der Waals surface area contributed by atoms with Gasteiger partial charge in [0.2, 0.25) is 0 Å². The van der Waals surface area contributed by atoms with Crippen molar-refractivity contribution in [3.63, 3.8) is 0 Å². The minimum Gasteiger partial charge on any atom is -0.452 e. The van der Waals surface area contributed by atoms with Crippen LogP contribution in [0.15, 0.2) is 60.7 Å². The Hall–Kier alpha value is -2.88. The predicted octanol–water partition coefficient (Wildman–Crippen LogP) is 4.22. The van der Waals surface area contributed by atoms with Crippen LogP contribution in [0.25, 0.3) is 6.08 Å². The maximum atomic E-state index is 11.8. The summed E-state index contributed by atoms with van der Waals surface area (Å²) < 4.78 is 4.94. The van der Waals surface area contributed by atoms with Crippen LogP contribution in [0.2, 0.25) is 0 Å². The Morgan fingerprint density at radius 2 is 1.76 bits per heavy atom. The highest BCUT2D eigenvalue weighted by Crippen LogP contribution is 2.11. The summed E-state index contributed by atoms with van der Waals surface area (Å²) in [5.41, 5.74) is 2.84. The fourth-order valence-corrected chi connectivity index (χ4v) is 2.25. The van der Waals surface area contributed by atoms with Crippen molar-refractivity contribution in [2.45, 2.75) is 26.2 Å². The standard InChI is InChI=1S/C21H23NO3/c1-2-3-7-18-10-13-19(14-11-18)22-20(23)16-25-21(24)15-12-17-8-5-4-6-9-17/h4-6,8-15H,2-3,7,16H2,1H3,(H,22,23)/b15-12+. The van der Waals surface area contributed by atoms with Gasteiger partial charge in [-0.25, -0.2) is 4.79 Å². The first-order chi connectivity index (χ1) is 12.2. The van der Waals surface area contributed by atoms with Gasteiger partial charge in [-0.2, -0.15) is 0 Å². The molecule has 0 aliphatic carbocycles. The van der Waals surface area contributed by atoms with Gasteiger partial charge in [-0.3, -0.25) is 4.79 Å². The van der Waals surface area contributed by atoms with E-state index in [0.717, 1.165) is 24.8 Å². The largest absolute Gasteiger partial charge is 0.452 e. The molecule has 1 amide bonds. The van der Waals surface area contributed by atoms with E-state index in [2.05, 4.69) is 12.2 Å². The van der Waals surface area contributed by atoms with Gasteiger partial charge in [-0.15, -0.1) is 0 Å². The van der Waals surface area contributed by atoms with E-state index in [-0.39, 0.29) is 12.5 Å². The lowest BCUT2D eigenvalue weighted by atomic mass is 10.1. The maximum Gasteiger partial charge on any atom is 0.331 e. The average Bonchev–Trinajstić information content (AvgIpc) is 2.65. The van der Waals surface area contributed by atoms with Gasteiger partial charge in [0.25, 0.3) is 5.91 Å². The second-order valence-corrected chi connectivity index (χ2v) is 5.70. The van der Waals surface area contributed by atoms with Crippen LogP contribution in [0.1, 0.15) is 30.9 Å². The highest BCUT2D eigenvalue weighted by molar-refractivity contribution is 5.94. The van der Waals surface area contributed by atoms with Crippen molar-refractivity contribution in [3.05, 3.63) is 71.8 Å². The predicted molar refractivity (Wildman–Crippen MR) is 100 cm³/mol. The lowest BCUT2D eigenvalue weighted by molar-refractivity contribution is -0.142. The Bertz CT molecular complexity index is 706. The van der Waals surface area contributed by atoms with Gasteiger partial charge < -0.3 is 10.1 Å². The monoisotopic (exact) mass is 337 g/mol. The van der Waals surface area contributed by atoms with Crippen LogP contribution >= 0.6 is 0 Å². The van der Waals surface area contributed by atoms with Crippen molar-refractivity contribution in [1.82, 2.24) is 0 Å². The number of carbonyl (C=O) groups is 2. The molecule has 0 unspecified atom stereocenters. The van der Waals surface area contributed by atoms with Crippen molar-refractivity contribution in [2.24, 2.45) is 0 Å². The normalized spacial score (nSPS) is 10.6. The molecule has 1 N–H and O–H groups in total. The number of aryl methyl sites for hydroxylation is 1. The maximum absolute atomic E-state index is 11.8. The molecule has 2 aromatic carbocycles. The minimum atomic E-state index is -0.547. The van der Waals surface area contributed by atoms with E-state index >= 15 is 0 Å². The first kappa shape index (κ1) is 18.5. The van der Waals surface area contributed by atoms with E-state index in [4.69, 9.17) is 4.74 Å². The van der Waals surface area contributed by atoms with E-state index in [1.165, 1.54) is 11.6 Å². The van der Waals surface area contributed by atoms with Crippen molar-refractivity contribution in [1.29, 1.82) is 0 Å². The number of esters is 1. The Kier molecular flexibility index (Phi) is 7.44. The Morgan fingerprint density at radius 3 is 2.44 bits per heavy atom. The molecular formula is C21H23NO3. The molecule has 0 aliphatic rings. The van der Waals surface area contributed by atoms with Gasteiger partial charge in [0.1, 0.15) is 0 Å². The molecule has 0 saturated carbocycles. The van der Waals surface area contributed by atoms with Gasteiger partial charge in [0.15, 0.2) is 6.61 Å². The third kappa shape index (κ3) is 7.04.